The Morgan fingerprint density at radius 3 is 2.42 bits per heavy atom. The molecule has 0 heterocycles. The maximum Gasteiger partial charge on any atom is 0.127 e. The summed E-state index contributed by atoms with van der Waals surface area (Å²) in [5.41, 5.74) is 1.23. The molecule has 1 N–H and O–H groups in total. The summed E-state index contributed by atoms with van der Waals surface area (Å²) in [5.74, 6) is 2.06. The maximum atomic E-state index is 9.37. The van der Waals surface area contributed by atoms with Gasteiger partial charge in [-0.3, -0.25) is 0 Å². The molecule has 98 valence electrons. The molecular formula is C16H15ClO2. The van der Waals surface area contributed by atoms with Gasteiger partial charge >= 0.3 is 0 Å². The Hall–Kier alpha value is -1.51. The minimum Gasteiger partial charge on any atom is -0.457 e. The zero-order valence-electron chi connectivity index (χ0n) is 10.4. The Bertz CT molecular complexity index is 559. The van der Waals surface area contributed by atoms with Gasteiger partial charge in [0.15, 0.2) is 0 Å². The van der Waals surface area contributed by atoms with Crippen LogP contribution in [0.4, 0.5) is 0 Å². The Labute approximate surface area is 117 Å². The van der Waals surface area contributed by atoms with Crippen molar-refractivity contribution in [3.63, 3.8) is 0 Å². The van der Waals surface area contributed by atoms with Crippen molar-refractivity contribution in [3.8, 4) is 11.5 Å². The third-order valence-corrected chi connectivity index (χ3v) is 3.74. The highest BCUT2D eigenvalue weighted by Crippen LogP contribution is 2.38. The summed E-state index contributed by atoms with van der Waals surface area (Å²) in [5, 5.41) is 10.1. The standard InChI is InChI=1S/C16H15ClO2/c17-13-4-6-15(7-5-13)19-16-3-1-2-11(10-16)12-8-14(18)9-12/h1-7,10,12,14,18H,8-9H2/t12-,14+. The molecule has 19 heavy (non-hydrogen) atoms. The molecule has 1 aliphatic rings. The summed E-state index contributed by atoms with van der Waals surface area (Å²) in [7, 11) is 0. The van der Waals surface area contributed by atoms with Gasteiger partial charge in [-0.05, 0) is 60.7 Å². The molecule has 0 radical (unpaired) electrons. The topological polar surface area (TPSA) is 29.5 Å². The van der Waals surface area contributed by atoms with Crippen LogP contribution in [0.5, 0.6) is 11.5 Å². The van der Waals surface area contributed by atoms with Crippen LogP contribution >= 0.6 is 11.6 Å². The number of benzene rings is 2. The molecule has 3 rings (SSSR count). The molecule has 0 amide bonds. The number of hydrogen-bond acceptors (Lipinski definition) is 2. The van der Waals surface area contributed by atoms with Gasteiger partial charge in [-0.15, -0.1) is 0 Å². The first-order chi connectivity index (χ1) is 9.20. The van der Waals surface area contributed by atoms with E-state index < -0.39 is 0 Å². The molecule has 1 aliphatic carbocycles. The van der Waals surface area contributed by atoms with Crippen LogP contribution in [0, 0.1) is 0 Å². The molecule has 0 saturated heterocycles. The van der Waals surface area contributed by atoms with E-state index in [9.17, 15) is 5.11 Å². The lowest BCUT2D eigenvalue weighted by molar-refractivity contribution is 0.0746. The molecule has 0 atom stereocenters. The van der Waals surface area contributed by atoms with E-state index >= 15 is 0 Å². The second-order valence-electron chi connectivity index (χ2n) is 4.95. The highest BCUT2D eigenvalue weighted by atomic mass is 35.5. The predicted molar refractivity (Wildman–Crippen MR) is 75.9 cm³/mol. The van der Waals surface area contributed by atoms with Crippen molar-refractivity contribution in [2.45, 2.75) is 24.9 Å². The first-order valence-corrected chi connectivity index (χ1v) is 6.80. The van der Waals surface area contributed by atoms with E-state index in [1.807, 2.05) is 42.5 Å². The number of rotatable bonds is 3. The third kappa shape index (κ3) is 2.91. The number of halogens is 1. The van der Waals surface area contributed by atoms with Gasteiger partial charge in [0, 0.05) is 5.02 Å². The number of ether oxygens (including phenoxy) is 1. The minimum atomic E-state index is -0.133. The predicted octanol–water partition coefficient (Wildman–Crippen LogP) is 4.37. The zero-order chi connectivity index (χ0) is 13.2. The van der Waals surface area contributed by atoms with Gasteiger partial charge in [-0.2, -0.15) is 0 Å². The summed E-state index contributed by atoms with van der Waals surface area (Å²) in [6, 6.07) is 15.4. The molecule has 1 fully saturated rings. The summed E-state index contributed by atoms with van der Waals surface area (Å²) < 4.78 is 5.80. The van der Waals surface area contributed by atoms with Crippen LogP contribution < -0.4 is 4.74 Å². The van der Waals surface area contributed by atoms with E-state index in [1.165, 1.54) is 5.56 Å². The Kier molecular flexibility index (Phi) is 3.45. The van der Waals surface area contributed by atoms with Gasteiger partial charge in [0.1, 0.15) is 11.5 Å². The molecule has 2 aromatic rings. The van der Waals surface area contributed by atoms with Gasteiger partial charge in [0.25, 0.3) is 0 Å². The molecule has 0 bridgehead atoms. The fourth-order valence-electron chi connectivity index (χ4n) is 2.33. The molecule has 0 aromatic heterocycles. The Morgan fingerprint density at radius 1 is 1.00 bits per heavy atom. The Balaban J connectivity index is 1.74. The highest BCUT2D eigenvalue weighted by molar-refractivity contribution is 6.30. The van der Waals surface area contributed by atoms with Gasteiger partial charge in [0.2, 0.25) is 0 Å². The summed E-state index contributed by atoms with van der Waals surface area (Å²) in [4.78, 5) is 0. The molecule has 1 saturated carbocycles. The van der Waals surface area contributed by atoms with Gasteiger partial charge in [0.05, 0.1) is 6.10 Å². The number of aliphatic hydroxyl groups excluding tert-OH is 1. The van der Waals surface area contributed by atoms with Crippen LogP contribution in [0.2, 0.25) is 5.02 Å². The van der Waals surface area contributed by atoms with Crippen LogP contribution in [0.25, 0.3) is 0 Å². The first-order valence-electron chi connectivity index (χ1n) is 6.42. The fraction of sp³-hybridized carbons (Fsp3) is 0.250. The van der Waals surface area contributed by atoms with Crippen molar-refractivity contribution in [1.82, 2.24) is 0 Å². The van der Waals surface area contributed by atoms with Gasteiger partial charge < -0.3 is 9.84 Å². The van der Waals surface area contributed by atoms with Crippen LogP contribution in [0.1, 0.15) is 24.3 Å². The van der Waals surface area contributed by atoms with Gasteiger partial charge in [-0.1, -0.05) is 23.7 Å². The van der Waals surface area contributed by atoms with E-state index in [-0.39, 0.29) is 6.10 Å². The molecule has 2 aromatic carbocycles. The largest absolute Gasteiger partial charge is 0.457 e. The normalized spacial score (nSPS) is 21.8. The van der Waals surface area contributed by atoms with Crippen LogP contribution in [-0.2, 0) is 0 Å². The maximum absolute atomic E-state index is 9.37. The van der Waals surface area contributed by atoms with Crippen molar-refractivity contribution in [3.05, 3.63) is 59.1 Å². The monoisotopic (exact) mass is 274 g/mol. The smallest absolute Gasteiger partial charge is 0.127 e. The molecule has 3 heteroatoms. The van der Waals surface area contributed by atoms with Crippen molar-refractivity contribution >= 4 is 11.6 Å². The molecular weight excluding hydrogens is 260 g/mol. The fourth-order valence-corrected chi connectivity index (χ4v) is 2.46. The summed E-state index contributed by atoms with van der Waals surface area (Å²) >= 11 is 5.84. The lowest BCUT2D eigenvalue weighted by atomic mass is 9.78. The number of aliphatic hydroxyl groups is 1. The van der Waals surface area contributed by atoms with E-state index in [0.29, 0.717) is 10.9 Å². The average Bonchev–Trinajstić information content (AvgIpc) is 2.38. The highest BCUT2D eigenvalue weighted by Gasteiger charge is 2.28. The van der Waals surface area contributed by atoms with Crippen molar-refractivity contribution in [2.24, 2.45) is 0 Å². The van der Waals surface area contributed by atoms with Crippen molar-refractivity contribution in [1.29, 1.82) is 0 Å². The van der Waals surface area contributed by atoms with Crippen molar-refractivity contribution < 1.29 is 9.84 Å². The van der Waals surface area contributed by atoms with Crippen LogP contribution in [0.3, 0.4) is 0 Å². The Morgan fingerprint density at radius 2 is 1.74 bits per heavy atom. The third-order valence-electron chi connectivity index (χ3n) is 3.49. The average molecular weight is 275 g/mol. The number of hydrogen-bond donors (Lipinski definition) is 1. The van der Waals surface area contributed by atoms with E-state index in [4.69, 9.17) is 16.3 Å². The lowest BCUT2D eigenvalue weighted by Gasteiger charge is -2.31. The van der Waals surface area contributed by atoms with Gasteiger partial charge in [-0.25, -0.2) is 0 Å². The van der Waals surface area contributed by atoms with Crippen LogP contribution in [0.15, 0.2) is 48.5 Å². The first kappa shape index (κ1) is 12.5. The SMILES string of the molecule is O[C@H]1C[C@@H](c2cccc(Oc3ccc(Cl)cc3)c2)C1. The second kappa shape index (κ2) is 5.24. The summed E-state index contributed by atoms with van der Waals surface area (Å²) in [6.07, 6.45) is 1.57. The minimum absolute atomic E-state index is 0.133. The molecule has 2 nitrogen and oxygen atoms in total. The van der Waals surface area contributed by atoms with E-state index in [0.717, 1.165) is 24.3 Å². The lowest BCUT2D eigenvalue weighted by Crippen LogP contribution is -2.26. The second-order valence-corrected chi connectivity index (χ2v) is 5.39. The van der Waals surface area contributed by atoms with E-state index in [2.05, 4.69) is 6.07 Å². The van der Waals surface area contributed by atoms with E-state index in [1.54, 1.807) is 0 Å². The quantitative estimate of drug-likeness (QED) is 0.900. The van der Waals surface area contributed by atoms with Crippen LogP contribution in [-0.4, -0.2) is 11.2 Å². The molecule has 0 spiro atoms. The molecule has 0 aliphatic heterocycles. The zero-order valence-corrected chi connectivity index (χ0v) is 11.2. The van der Waals surface area contributed by atoms with Crippen molar-refractivity contribution in [2.75, 3.05) is 0 Å². The molecule has 0 unspecified atom stereocenters. The summed E-state index contributed by atoms with van der Waals surface area (Å²) in [6.45, 7) is 0.